The van der Waals surface area contributed by atoms with Crippen LogP contribution >= 0.6 is 23.1 Å². The molecule has 8 nitrogen and oxygen atoms in total. The molecule has 1 aromatic carbocycles. The first kappa shape index (κ1) is 15.7. The predicted molar refractivity (Wildman–Crippen MR) is 79.4 cm³/mol. The van der Waals surface area contributed by atoms with Gasteiger partial charge in [-0.15, -0.1) is 10.2 Å². The zero-order chi connectivity index (χ0) is 15.5. The molecule has 2 rings (SSSR count). The van der Waals surface area contributed by atoms with E-state index in [2.05, 4.69) is 15.5 Å². The summed E-state index contributed by atoms with van der Waals surface area (Å²) in [6.07, 6.45) is 0. The van der Waals surface area contributed by atoms with Gasteiger partial charge in [0.25, 0.3) is 0 Å². The Bertz CT molecular complexity index is 759. The number of carboxylic acid groups (broad SMARTS) is 1. The molecular formula is C10H10N4O4S3. The minimum absolute atomic E-state index is 0.0162. The van der Waals surface area contributed by atoms with Crippen molar-refractivity contribution in [3.05, 3.63) is 24.3 Å². The fourth-order valence-corrected chi connectivity index (χ4v) is 3.37. The Labute approximate surface area is 128 Å². The molecule has 0 radical (unpaired) electrons. The number of thioether (sulfide) groups is 1. The van der Waals surface area contributed by atoms with Crippen molar-refractivity contribution in [2.24, 2.45) is 5.14 Å². The first-order valence-corrected chi connectivity index (χ1v) is 8.77. The van der Waals surface area contributed by atoms with E-state index >= 15 is 0 Å². The number of primary sulfonamides is 1. The summed E-state index contributed by atoms with van der Waals surface area (Å²) < 4.78 is 23.0. The third kappa shape index (κ3) is 4.67. The molecule has 4 N–H and O–H groups in total. The van der Waals surface area contributed by atoms with Crippen molar-refractivity contribution in [2.45, 2.75) is 9.24 Å². The molecule has 0 fully saturated rings. The van der Waals surface area contributed by atoms with Crippen molar-refractivity contribution in [1.82, 2.24) is 10.2 Å². The van der Waals surface area contributed by atoms with E-state index in [0.29, 0.717) is 15.2 Å². The Balaban J connectivity index is 2.10. The van der Waals surface area contributed by atoms with Crippen LogP contribution in [-0.2, 0) is 14.8 Å². The van der Waals surface area contributed by atoms with Gasteiger partial charge in [-0.05, 0) is 18.2 Å². The van der Waals surface area contributed by atoms with Crippen LogP contribution in [0.15, 0.2) is 33.5 Å². The third-order valence-electron chi connectivity index (χ3n) is 2.14. The number of aliphatic carboxylic acids is 1. The lowest BCUT2D eigenvalue weighted by Crippen LogP contribution is -2.12. The largest absolute Gasteiger partial charge is 0.481 e. The molecule has 112 valence electrons. The van der Waals surface area contributed by atoms with Gasteiger partial charge >= 0.3 is 5.97 Å². The molecule has 11 heteroatoms. The standard InChI is InChI=1S/C10H10N4O4S3/c11-21(17,18)7-3-1-2-6(4-7)12-9-13-14-10(20-9)19-5-8(15)16/h1-4H,5H2,(H,12,13)(H,15,16)(H2,11,17,18). The summed E-state index contributed by atoms with van der Waals surface area (Å²) in [6.45, 7) is 0. The number of nitrogens with one attached hydrogen (secondary N) is 1. The van der Waals surface area contributed by atoms with Crippen molar-refractivity contribution in [1.29, 1.82) is 0 Å². The Morgan fingerprint density at radius 1 is 1.43 bits per heavy atom. The zero-order valence-corrected chi connectivity index (χ0v) is 12.8. The lowest BCUT2D eigenvalue weighted by Gasteiger charge is -2.03. The number of benzene rings is 1. The molecule has 2 aromatic rings. The minimum atomic E-state index is -3.77. The zero-order valence-electron chi connectivity index (χ0n) is 10.4. The van der Waals surface area contributed by atoms with Crippen LogP contribution in [0.2, 0.25) is 0 Å². The van der Waals surface area contributed by atoms with Crippen molar-refractivity contribution in [2.75, 3.05) is 11.1 Å². The topological polar surface area (TPSA) is 135 Å². The molecule has 0 aliphatic carbocycles. The summed E-state index contributed by atoms with van der Waals surface area (Å²) in [5, 5.41) is 24.6. The fraction of sp³-hybridized carbons (Fsp3) is 0.100. The number of anilines is 2. The highest BCUT2D eigenvalue weighted by molar-refractivity contribution is 8.01. The number of hydrogen-bond donors (Lipinski definition) is 3. The number of rotatable bonds is 6. The van der Waals surface area contributed by atoms with E-state index in [-0.39, 0.29) is 10.6 Å². The second kappa shape index (κ2) is 6.39. The smallest absolute Gasteiger partial charge is 0.313 e. The van der Waals surface area contributed by atoms with Crippen molar-refractivity contribution in [3.63, 3.8) is 0 Å². The van der Waals surface area contributed by atoms with Crippen LogP contribution < -0.4 is 10.5 Å². The molecule has 0 amide bonds. The molecule has 0 spiro atoms. The molecule has 1 heterocycles. The molecule has 0 aliphatic rings. The highest BCUT2D eigenvalue weighted by Gasteiger charge is 2.10. The minimum Gasteiger partial charge on any atom is -0.481 e. The number of sulfonamides is 1. The van der Waals surface area contributed by atoms with E-state index in [1.807, 2.05) is 0 Å². The first-order chi connectivity index (χ1) is 9.84. The van der Waals surface area contributed by atoms with Gasteiger partial charge in [0.15, 0.2) is 4.34 Å². The Hall–Kier alpha value is -1.69. The Morgan fingerprint density at radius 2 is 2.19 bits per heavy atom. The quantitative estimate of drug-likeness (QED) is 0.662. The molecule has 0 saturated carbocycles. The second-order valence-corrected chi connectivity index (χ2v) is 7.51. The average molecular weight is 346 g/mol. The predicted octanol–water partition coefficient (Wildman–Crippen LogP) is 1.11. The van der Waals surface area contributed by atoms with Gasteiger partial charge in [-0.25, -0.2) is 13.6 Å². The first-order valence-electron chi connectivity index (χ1n) is 5.42. The maximum atomic E-state index is 11.3. The number of nitrogens with two attached hydrogens (primary N) is 1. The van der Waals surface area contributed by atoms with Crippen LogP contribution in [0.25, 0.3) is 0 Å². The van der Waals surface area contributed by atoms with E-state index in [1.165, 1.54) is 23.5 Å². The molecule has 0 unspecified atom stereocenters. The van der Waals surface area contributed by atoms with Crippen molar-refractivity contribution < 1.29 is 18.3 Å². The number of carboxylic acids is 1. The summed E-state index contributed by atoms with van der Waals surface area (Å²) in [5.41, 5.74) is 0.493. The maximum Gasteiger partial charge on any atom is 0.313 e. The monoisotopic (exact) mass is 346 g/mol. The summed E-state index contributed by atoms with van der Waals surface area (Å²) in [6, 6.07) is 5.96. The molecular weight excluding hydrogens is 336 g/mol. The number of hydrogen-bond acceptors (Lipinski definition) is 8. The molecule has 0 saturated heterocycles. The van der Waals surface area contributed by atoms with E-state index < -0.39 is 16.0 Å². The molecule has 0 atom stereocenters. The van der Waals surface area contributed by atoms with Crippen LogP contribution in [-0.4, -0.2) is 35.4 Å². The lowest BCUT2D eigenvalue weighted by molar-refractivity contribution is -0.133. The van der Waals surface area contributed by atoms with Gasteiger partial charge in [-0.3, -0.25) is 4.79 Å². The molecule has 1 aromatic heterocycles. The second-order valence-electron chi connectivity index (χ2n) is 3.75. The third-order valence-corrected chi connectivity index (χ3v) is 5.01. The van der Waals surface area contributed by atoms with Crippen LogP contribution in [0.5, 0.6) is 0 Å². The van der Waals surface area contributed by atoms with Crippen molar-refractivity contribution >= 4 is 49.9 Å². The number of carbonyl (C=O) groups is 1. The molecule has 0 aliphatic heterocycles. The highest BCUT2D eigenvalue weighted by atomic mass is 32.2. The van der Waals surface area contributed by atoms with Gasteiger partial charge in [-0.1, -0.05) is 29.2 Å². The fourth-order valence-electron chi connectivity index (χ4n) is 1.32. The Kier molecular flexibility index (Phi) is 4.77. The maximum absolute atomic E-state index is 11.3. The van der Waals surface area contributed by atoms with Crippen LogP contribution in [0.3, 0.4) is 0 Å². The van der Waals surface area contributed by atoms with Crippen LogP contribution in [0.4, 0.5) is 10.8 Å². The van der Waals surface area contributed by atoms with Crippen molar-refractivity contribution in [3.8, 4) is 0 Å². The van der Waals surface area contributed by atoms with Gasteiger partial charge in [0.1, 0.15) is 0 Å². The normalized spacial score (nSPS) is 11.3. The Morgan fingerprint density at radius 3 is 2.86 bits per heavy atom. The van der Waals surface area contributed by atoms with Gasteiger partial charge < -0.3 is 10.4 Å². The van der Waals surface area contributed by atoms with Gasteiger partial charge in [0.2, 0.25) is 15.2 Å². The van der Waals surface area contributed by atoms with Crippen LogP contribution in [0.1, 0.15) is 0 Å². The summed E-state index contributed by atoms with van der Waals surface area (Å²) in [7, 11) is -3.77. The average Bonchev–Trinajstić information content (AvgIpc) is 2.83. The lowest BCUT2D eigenvalue weighted by atomic mass is 10.3. The van der Waals surface area contributed by atoms with Gasteiger partial charge in [-0.2, -0.15) is 0 Å². The molecule has 21 heavy (non-hydrogen) atoms. The highest BCUT2D eigenvalue weighted by Crippen LogP contribution is 2.28. The summed E-state index contributed by atoms with van der Waals surface area (Å²) in [4.78, 5) is 10.4. The van der Waals surface area contributed by atoms with Gasteiger partial charge in [0.05, 0.1) is 10.6 Å². The van der Waals surface area contributed by atoms with Gasteiger partial charge in [0, 0.05) is 5.69 Å². The number of aromatic nitrogens is 2. The van der Waals surface area contributed by atoms with E-state index in [1.54, 1.807) is 12.1 Å². The SMILES string of the molecule is NS(=O)(=O)c1cccc(Nc2nnc(SCC(=O)O)s2)c1. The van der Waals surface area contributed by atoms with E-state index in [9.17, 15) is 13.2 Å². The van der Waals surface area contributed by atoms with E-state index in [0.717, 1.165) is 11.8 Å². The summed E-state index contributed by atoms with van der Waals surface area (Å²) >= 11 is 2.23. The van der Waals surface area contributed by atoms with E-state index in [4.69, 9.17) is 10.2 Å². The number of nitrogens with zero attached hydrogens (tertiary/aromatic N) is 2. The van der Waals surface area contributed by atoms with Crippen LogP contribution in [0, 0.1) is 0 Å². The summed E-state index contributed by atoms with van der Waals surface area (Å²) in [5.74, 6) is -1.04. The molecule has 0 bridgehead atoms.